The summed E-state index contributed by atoms with van der Waals surface area (Å²) in [6.07, 6.45) is -1.86. The number of amides is 1. The molecule has 0 saturated heterocycles. The largest absolute Gasteiger partial charge is 0.467 e. The number of esters is 1. The predicted octanol–water partition coefficient (Wildman–Crippen LogP) is 3.96. The van der Waals surface area contributed by atoms with Crippen LogP contribution >= 0.6 is 11.6 Å². The van der Waals surface area contributed by atoms with Crippen molar-refractivity contribution in [2.24, 2.45) is 0 Å². The topological polar surface area (TPSA) is 81.6 Å². The SMILES string of the molecule is CCOC(=O)c1nccc2c1CN(C(C)c1cnc(OCC(F)(F)F)c(Cl)c1)C2=O. The lowest BCUT2D eigenvalue weighted by atomic mass is 10.1. The molecule has 1 unspecified atom stereocenters. The Labute approximate surface area is 174 Å². The van der Waals surface area contributed by atoms with Gasteiger partial charge in [-0.1, -0.05) is 11.6 Å². The summed E-state index contributed by atoms with van der Waals surface area (Å²) in [5, 5.41) is -0.110. The van der Waals surface area contributed by atoms with Gasteiger partial charge in [-0.05, 0) is 31.5 Å². The summed E-state index contributed by atoms with van der Waals surface area (Å²) >= 11 is 6.01. The molecule has 0 spiro atoms. The molecule has 0 radical (unpaired) electrons. The average Bonchev–Trinajstić information content (AvgIpc) is 3.02. The Morgan fingerprint density at radius 2 is 2.10 bits per heavy atom. The third kappa shape index (κ3) is 4.48. The first-order valence-corrected chi connectivity index (χ1v) is 9.31. The number of nitrogens with zero attached hydrogens (tertiary/aromatic N) is 3. The molecule has 1 amide bonds. The molecule has 1 atom stereocenters. The molecule has 11 heteroatoms. The van der Waals surface area contributed by atoms with Crippen molar-refractivity contribution in [1.82, 2.24) is 14.9 Å². The minimum absolute atomic E-state index is 0.0736. The standard InChI is InChI=1S/C19H17ClF3N3O4/c1-3-29-18(28)15-13-8-26(17(27)12(13)4-5-24-15)10(2)11-6-14(20)16(25-7-11)30-9-19(21,22)23/h4-7,10H,3,8-9H2,1-2H3. The van der Waals surface area contributed by atoms with E-state index >= 15 is 0 Å². The van der Waals surface area contributed by atoms with E-state index in [2.05, 4.69) is 14.7 Å². The quantitative estimate of drug-likeness (QED) is 0.628. The summed E-state index contributed by atoms with van der Waals surface area (Å²) in [6.45, 7) is 2.15. The third-order valence-electron chi connectivity index (χ3n) is 4.50. The second-order valence-electron chi connectivity index (χ2n) is 6.47. The van der Waals surface area contributed by atoms with Crippen LogP contribution in [0.25, 0.3) is 0 Å². The van der Waals surface area contributed by atoms with Gasteiger partial charge in [-0.25, -0.2) is 14.8 Å². The average molecular weight is 444 g/mol. The van der Waals surface area contributed by atoms with Crippen molar-refractivity contribution in [2.75, 3.05) is 13.2 Å². The Kier molecular flexibility index (Phi) is 6.16. The molecule has 160 valence electrons. The van der Waals surface area contributed by atoms with Gasteiger partial charge in [0.05, 0.1) is 12.6 Å². The lowest BCUT2D eigenvalue weighted by Crippen LogP contribution is -2.27. The number of carbonyl (C=O) groups excluding carboxylic acids is 2. The Bertz CT molecular complexity index is 984. The molecule has 0 aromatic carbocycles. The summed E-state index contributed by atoms with van der Waals surface area (Å²) in [5.74, 6) is -1.29. The van der Waals surface area contributed by atoms with E-state index in [0.717, 1.165) is 0 Å². The normalized spacial score (nSPS) is 14.5. The lowest BCUT2D eigenvalue weighted by molar-refractivity contribution is -0.154. The van der Waals surface area contributed by atoms with Crippen LogP contribution in [0.1, 0.15) is 51.9 Å². The van der Waals surface area contributed by atoms with Crippen LogP contribution in [-0.4, -0.2) is 46.1 Å². The second kappa shape index (κ2) is 8.47. The minimum Gasteiger partial charge on any atom is -0.467 e. The molecule has 0 aliphatic carbocycles. The van der Waals surface area contributed by atoms with Crippen LogP contribution in [0.5, 0.6) is 5.88 Å². The molecule has 0 N–H and O–H groups in total. The van der Waals surface area contributed by atoms with Gasteiger partial charge in [-0.2, -0.15) is 13.2 Å². The number of alkyl halides is 3. The van der Waals surface area contributed by atoms with Gasteiger partial charge in [0.2, 0.25) is 5.88 Å². The summed E-state index contributed by atoms with van der Waals surface area (Å²) < 4.78 is 46.5. The molecule has 3 heterocycles. The number of halogens is 4. The zero-order valence-corrected chi connectivity index (χ0v) is 16.8. The maximum atomic E-state index is 12.9. The smallest absolute Gasteiger partial charge is 0.422 e. The van der Waals surface area contributed by atoms with E-state index in [0.29, 0.717) is 16.7 Å². The first-order chi connectivity index (χ1) is 14.1. The summed E-state index contributed by atoms with van der Waals surface area (Å²) in [6, 6.07) is 2.39. The van der Waals surface area contributed by atoms with Gasteiger partial charge in [-0.15, -0.1) is 0 Å². The fraction of sp³-hybridized carbons (Fsp3) is 0.368. The number of pyridine rings is 2. The van der Waals surface area contributed by atoms with E-state index in [1.54, 1.807) is 13.8 Å². The molecular weight excluding hydrogens is 427 g/mol. The Morgan fingerprint density at radius 3 is 2.73 bits per heavy atom. The highest BCUT2D eigenvalue weighted by Crippen LogP contribution is 2.34. The first-order valence-electron chi connectivity index (χ1n) is 8.93. The number of aromatic nitrogens is 2. The van der Waals surface area contributed by atoms with Gasteiger partial charge in [0.15, 0.2) is 12.3 Å². The van der Waals surface area contributed by atoms with Crippen molar-refractivity contribution in [1.29, 1.82) is 0 Å². The van der Waals surface area contributed by atoms with E-state index < -0.39 is 24.8 Å². The van der Waals surface area contributed by atoms with E-state index in [4.69, 9.17) is 16.3 Å². The summed E-state index contributed by atoms with van der Waals surface area (Å²) in [5.41, 5.74) is 1.36. The van der Waals surface area contributed by atoms with Crippen LogP contribution in [0.2, 0.25) is 5.02 Å². The van der Waals surface area contributed by atoms with Crippen LogP contribution in [-0.2, 0) is 11.3 Å². The van der Waals surface area contributed by atoms with Gasteiger partial charge < -0.3 is 14.4 Å². The molecule has 0 fully saturated rings. The highest BCUT2D eigenvalue weighted by Gasteiger charge is 2.35. The Morgan fingerprint density at radius 1 is 1.37 bits per heavy atom. The second-order valence-corrected chi connectivity index (χ2v) is 6.88. The highest BCUT2D eigenvalue weighted by molar-refractivity contribution is 6.31. The number of carbonyl (C=O) groups is 2. The summed E-state index contributed by atoms with van der Waals surface area (Å²) in [7, 11) is 0. The minimum atomic E-state index is -4.52. The van der Waals surface area contributed by atoms with Crippen molar-refractivity contribution in [3.63, 3.8) is 0 Å². The van der Waals surface area contributed by atoms with Crippen molar-refractivity contribution >= 4 is 23.5 Å². The predicted molar refractivity (Wildman–Crippen MR) is 99.3 cm³/mol. The maximum Gasteiger partial charge on any atom is 0.422 e. The van der Waals surface area contributed by atoms with Crippen LogP contribution < -0.4 is 4.74 Å². The number of rotatable bonds is 6. The van der Waals surface area contributed by atoms with Gasteiger partial charge in [0.25, 0.3) is 5.91 Å². The van der Waals surface area contributed by atoms with Gasteiger partial charge in [-0.3, -0.25) is 4.79 Å². The van der Waals surface area contributed by atoms with E-state index in [-0.39, 0.29) is 35.7 Å². The van der Waals surface area contributed by atoms with Crippen LogP contribution in [0.4, 0.5) is 13.2 Å². The van der Waals surface area contributed by atoms with Gasteiger partial charge in [0, 0.05) is 30.1 Å². The van der Waals surface area contributed by atoms with Crippen LogP contribution in [0.3, 0.4) is 0 Å². The molecule has 2 aromatic heterocycles. The van der Waals surface area contributed by atoms with Gasteiger partial charge in [0.1, 0.15) is 5.02 Å². The van der Waals surface area contributed by atoms with Crippen molar-refractivity contribution in [3.8, 4) is 5.88 Å². The molecule has 0 saturated carbocycles. The zero-order valence-electron chi connectivity index (χ0n) is 16.0. The monoisotopic (exact) mass is 443 g/mol. The van der Waals surface area contributed by atoms with Crippen molar-refractivity contribution in [3.05, 3.63) is 51.9 Å². The van der Waals surface area contributed by atoms with Crippen molar-refractivity contribution < 1.29 is 32.2 Å². The Balaban J connectivity index is 1.81. The molecular formula is C19H17ClF3N3O4. The Hall–Kier alpha value is -2.88. The van der Waals surface area contributed by atoms with Gasteiger partial charge >= 0.3 is 12.1 Å². The third-order valence-corrected chi connectivity index (χ3v) is 4.77. The number of fused-ring (bicyclic) bond motifs is 1. The fourth-order valence-electron chi connectivity index (χ4n) is 3.04. The molecule has 30 heavy (non-hydrogen) atoms. The summed E-state index contributed by atoms with van der Waals surface area (Å²) in [4.78, 5) is 34.4. The number of hydrogen-bond acceptors (Lipinski definition) is 6. The number of ether oxygens (including phenoxy) is 2. The van der Waals surface area contributed by atoms with Crippen molar-refractivity contribution in [2.45, 2.75) is 32.6 Å². The molecule has 3 rings (SSSR count). The molecule has 1 aliphatic heterocycles. The van der Waals surface area contributed by atoms with E-state index in [9.17, 15) is 22.8 Å². The zero-order chi connectivity index (χ0) is 22.1. The molecule has 7 nitrogen and oxygen atoms in total. The molecule has 2 aromatic rings. The molecule has 0 bridgehead atoms. The number of hydrogen-bond donors (Lipinski definition) is 0. The van der Waals surface area contributed by atoms with Crippen LogP contribution in [0.15, 0.2) is 24.5 Å². The van der Waals surface area contributed by atoms with Crippen LogP contribution in [0, 0.1) is 0 Å². The maximum absolute atomic E-state index is 12.9. The highest BCUT2D eigenvalue weighted by atomic mass is 35.5. The first kappa shape index (κ1) is 21.8. The fourth-order valence-corrected chi connectivity index (χ4v) is 3.27. The van der Waals surface area contributed by atoms with E-state index in [1.165, 1.54) is 29.4 Å². The molecule has 1 aliphatic rings. The lowest BCUT2D eigenvalue weighted by Gasteiger charge is -2.25. The van der Waals surface area contributed by atoms with E-state index in [1.807, 2.05) is 0 Å².